The minimum Gasteiger partial charge on any atom is -0.492 e. The predicted molar refractivity (Wildman–Crippen MR) is 106 cm³/mol. The van der Waals surface area contributed by atoms with Crippen LogP contribution in [0.4, 0.5) is 0 Å². The Labute approximate surface area is 158 Å². The van der Waals surface area contributed by atoms with E-state index in [0.29, 0.717) is 23.8 Å². The van der Waals surface area contributed by atoms with Crippen LogP contribution in [-0.4, -0.2) is 48.7 Å². The number of hydrogen-bond donors (Lipinski definition) is 2. The van der Waals surface area contributed by atoms with E-state index in [9.17, 15) is 4.79 Å². The Morgan fingerprint density at radius 2 is 2.00 bits per heavy atom. The van der Waals surface area contributed by atoms with E-state index in [4.69, 9.17) is 17.0 Å². The standard InChI is InChI=1S/C17H26BrN3O2S/c1-4-11-23-15-8-7-13(12-14(15)18)16(22)20-17(24)19-9-10-21(5-2)6-3/h7-8,12H,4-6,9-11H2,1-3H3,(H2,19,20,22,24). The van der Waals surface area contributed by atoms with Crippen LogP contribution in [0, 0.1) is 0 Å². The van der Waals surface area contributed by atoms with E-state index in [1.54, 1.807) is 18.2 Å². The molecule has 0 aliphatic rings. The van der Waals surface area contributed by atoms with Gasteiger partial charge in [0, 0.05) is 18.7 Å². The second kappa shape index (κ2) is 11.4. The molecular weight excluding hydrogens is 390 g/mol. The Bertz CT molecular complexity index is 551. The van der Waals surface area contributed by atoms with Gasteiger partial charge in [-0.3, -0.25) is 10.1 Å². The monoisotopic (exact) mass is 415 g/mol. The van der Waals surface area contributed by atoms with Crippen LogP contribution in [0.5, 0.6) is 5.75 Å². The molecule has 2 N–H and O–H groups in total. The summed E-state index contributed by atoms with van der Waals surface area (Å²) in [7, 11) is 0. The molecule has 1 amide bonds. The van der Waals surface area contributed by atoms with Gasteiger partial charge >= 0.3 is 0 Å². The fraction of sp³-hybridized carbons (Fsp3) is 0.529. The molecule has 1 aromatic carbocycles. The maximum Gasteiger partial charge on any atom is 0.257 e. The molecule has 1 rings (SSSR count). The maximum absolute atomic E-state index is 12.2. The van der Waals surface area contributed by atoms with Crippen LogP contribution in [0.1, 0.15) is 37.6 Å². The third-order valence-electron chi connectivity index (χ3n) is 3.49. The molecule has 0 bridgehead atoms. The van der Waals surface area contributed by atoms with Gasteiger partial charge in [0.25, 0.3) is 5.91 Å². The van der Waals surface area contributed by atoms with Crippen molar-refractivity contribution in [1.29, 1.82) is 0 Å². The van der Waals surface area contributed by atoms with Gasteiger partial charge in [0.1, 0.15) is 5.75 Å². The Morgan fingerprint density at radius 3 is 2.58 bits per heavy atom. The molecule has 0 heterocycles. The molecule has 134 valence electrons. The van der Waals surface area contributed by atoms with Crippen molar-refractivity contribution in [3.05, 3.63) is 28.2 Å². The summed E-state index contributed by atoms with van der Waals surface area (Å²) in [5.41, 5.74) is 0.526. The highest BCUT2D eigenvalue weighted by molar-refractivity contribution is 9.10. The Kier molecular flexibility index (Phi) is 9.90. The van der Waals surface area contributed by atoms with Crippen LogP contribution in [0.2, 0.25) is 0 Å². The zero-order valence-corrected chi connectivity index (χ0v) is 16.9. The largest absolute Gasteiger partial charge is 0.492 e. The number of ether oxygens (including phenoxy) is 1. The van der Waals surface area contributed by atoms with Gasteiger partial charge in [0.2, 0.25) is 0 Å². The van der Waals surface area contributed by atoms with Gasteiger partial charge in [-0.15, -0.1) is 0 Å². The van der Waals surface area contributed by atoms with E-state index >= 15 is 0 Å². The summed E-state index contributed by atoms with van der Waals surface area (Å²) in [5, 5.41) is 6.10. The van der Waals surface area contributed by atoms with Crippen LogP contribution in [0.3, 0.4) is 0 Å². The molecule has 0 radical (unpaired) electrons. The SMILES string of the molecule is CCCOc1ccc(C(=O)NC(=S)NCCN(CC)CC)cc1Br. The zero-order chi connectivity index (χ0) is 17.9. The van der Waals surface area contributed by atoms with Crippen LogP contribution >= 0.6 is 28.1 Å². The van der Waals surface area contributed by atoms with Crippen molar-refractivity contribution in [3.63, 3.8) is 0 Å². The summed E-state index contributed by atoms with van der Waals surface area (Å²) in [6, 6.07) is 5.24. The molecule has 7 heteroatoms. The first kappa shape index (κ1) is 20.9. The van der Waals surface area contributed by atoms with Gasteiger partial charge in [-0.25, -0.2) is 0 Å². The van der Waals surface area contributed by atoms with Gasteiger partial charge in [-0.2, -0.15) is 0 Å². The predicted octanol–water partition coefficient (Wildman–Crippen LogP) is 3.18. The molecule has 0 spiro atoms. The lowest BCUT2D eigenvalue weighted by molar-refractivity contribution is 0.0976. The third-order valence-corrected chi connectivity index (χ3v) is 4.36. The fourth-order valence-corrected chi connectivity index (χ4v) is 2.75. The highest BCUT2D eigenvalue weighted by atomic mass is 79.9. The number of carbonyl (C=O) groups is 1. The molecule has 1 aromatic rings. The fourth-order valence-electron chi connectivity index (χ4n) is 2.06. The average molecular weight is 416 g/mol. The van der Waals surface area contributed by atoms with Crippen molar-refractivity contribution in [2.45, 2.75) is 27.2 Å². The highest BCUT2D eigenvalue weighted by Crippen LogP contribution is 2.26. The average Bonchev–Trinajstić information content (AvgIpc) is 2.57. The Morgan fingerprint density at radius 1 is 1.29 bits per heavy atom. The zero-order valence-electron chi connectivity index (χ0n) is 14.5. The lowest BCUT2D eigenvalue weighted by atomic mass is 10.2. The normalized spacial score (nSPS) is 10.5. The van der Waals surface area contributed by atoms with Crippen LogP contribution in [0.25, 0.3) is 0 Å². The van der Waals surface area contributed by atoms with Gasteiger partial charge in [0.15, 0.2) is 5.11 Å². The molecule has 0 aliphatic carbocycles. The molecule has 0 aliphatic heterocycles. The number of halogens is 1. The van der Waals surface area contributed by atoms with Crippen molar-refractivity contribution >= 4 is 39.2 Å². The summed E-state index contributed by atoms with van der Waals surface area (Å²) >= 11 is 8.60. The second-order valence-corrected chi connectivity index (χ2v) is 6.49. The lowest BCUT2D eigenvalue weighted by Gasteiger charge is -2.18. The first-order chi connectivity index (χ1) is 11.5. The first-order valence-electron chi connectivity index (χ1n) is 8.25. The molecule has 0 aromatic heterocycles. The molecular formula is C17H26BrN3O2S. The minimum absolute atomic E-state index is 0.238. The van der Waals surface area contributed by atoms with Crippen molar-refractivity contribution in [1.82, 2.24) is 15.5 Å². The lowest BCUT2D eigenvalue weighted by Crippen LogP contribution is -2.42. The van der Waals surface area contributed by atoms with Gasteiger partial charge in [0.05, 0.1) is 11.1 Å². The number of likely N-dealkylation sites (N-methyl/N-ethyl adjacent to an activating group) is 1. The molecule has 5 nitrogen and oxygen atoms in total. The van der Waals surface area contributed by atoms with E-state index in [1.165, 1.54) is 0 Å². The summed E-state index contributed by atoms with van der Waals surface area (Å²) in [6.45, 7) is 10.5. The molecule has 0 fully saturated rings. The number of thiocarbonyl (C=S) groups is 1. The third kappa shape index (κ3) is 7.15. The molecule has 24 heavy (non-hydrogen) atoms. The van der Waals surface area contributed by atoms with Gasteiger partial charge in [-0.1, -0.05) is 20.8 Å². The Balaban J connectivity index is 2.49. The number of benzene rings is 1. The minimum atomic E-state index is -0.238. The number of amides is 1. The van der Waals surface area contributed by atoms with Crippen molar-refractivity contribution < 1.29 is 9.53 Å². The molecule has 0 saturated carbocycles. The highest BCUT2D eigenvalue weighted by Gasteiger charge is 2.11. The first-order valence-corrected chi connectivity index (χ1v) is 9.45. The maximum atomic E-state index is 12.2. The topological polar surface area (TPSA) is 53.6 Å². The van der Waals surface area contributed by atoms with E-state index in [0.717, 1.165) is 36.3 Å². The number of nitrogens with one attached hydrogen (secondary N) is 2. The van der Waals surface area contributed by atoms with Gasteiger partial charge in [-0.05, 0) is 65.9 Å². The van der Waals surface area contributed by atoms with Gasteiger partial charge < -0.3 is 15.0 Å². The smallest absolute Gasteiger partial charge is 0.257 e. The number of rotatable bonds is 9. The molecule has 0 unspecified atom stereocenters. The number of nitrogens with zero attached hydrogens (tertiary/aromatic N) is 1. The van der Waals surface area contributed by atoms with E-state index in [1.807, 2.05) is 6.92 Å². The summed E-state index contributed by atoms with van der Waals surface area (Å²) < 4.78 is 6.33. The van der Waals surface area contributed by atoms with Crippen molar-refractivity contribution in [3.8, 4) is 5.75 Å². The summed E-state index contributed by atoms with van der Waals surface area (Å²) in [4.78, 5) is 14.5. The molecule has 0 atom stereocenters. The van der Waals surface area contributed by atoms with Crippen molar-refractivity contribution in [2.24, 2.45) is 0 Å². The van der Waals surface area contributed by atoms with Crippen molar-refractivity contribution in [2.75, 3.05) is 32.8 Å². The van der Waals surface area contributed by atoms with Crippen LogP contribution in [-0.2, 0) is 0 Å². The number of carbonyl (C=O) groups excluding carboxylic acids is 1. The Hall–Kier alpha value is -1.18. The molecule has 0 saturated heterocycles. The van der Waals surface area contributed by atoms with E-state index in [-0.39, 0.29) is 5.91 Å². The summed E-state index contributed by atoms with van der Waals surface area (Å²) in [6.07, 6.45) is 0.933. The quantitative estimate of drug-likeness (QED) is 0.606. The second-order valence-electron chi connectivity index (χ2n) is 5.23. The van der Waals surface area contributed by atoms with E-state index in [2.05, 4.69) is 45.3 Å². The summed E-state index contributed by atoms with van der Waals surface area (Å²) in [5.74, 6) is 0.492. The number of hydrogen-bond acceptors (Lipinski definition) is 4. The van der Waals surface area contributed by atoms with Crippen LogP contribution in [0.15, 0.2) is 22.7 Å². The van der Waals surface area contributed by atoms with Crippen LogP contribution < -0.4 is 15.4 Å². The van der Waals surface area contributed by atoms with E-state index < -0.39 is 0 Å².